The lowest BCUT2D eigenvalue weighted by atomic mass is 10.2. The molecule has 0 aliphatic rings. The molecule has 86 valence electrons. The Bertz CT molecular complexity index is 306. The SMILES string of the molecule is O=S(=O)(O)CCCCCCS(=O)(O)=S. The molecule has 0 radical (unpaired) electrons. The minimum atomic E-state index is -3.87. The van der Waals surface area contributed by atoms with Crippen LogP contribution < -0.4 is 0 Å². The van der Waals surface area contributed by atoms with Crippen LogP contribution in [0.4, 0.5) is 0 Å². The molecule has 0 saturated carbocycles. The van der Waals surface area contributed by atoms with Gasteiger partial charge in [-0.1, -0.05) is 12.8 Å². The van der Waals surface area contributed by atoms with Crippen LogP contribution in [0.15, 0.2) is 0 Å². The van der Waals surface area contributed by atoms with Gasteiger partial charge in [0.15, 0.2) is 0 Å². The van der Waals surface area contributed by atoms with E-state index in [0.29, 0.717) is 25.7 Å². The highest BCUT2D eigenvalue weighted by Crippen LogP contribution is 2.03. The molecule has 1 atom stereocenters. The summed E-state index contributed by atoms with van der Waals surface area (Å²) in [6.45, 7) is 0. The van der Waals surface area contributed by atoms with Crippen LogP contribution >= 0.6 is 0 Å². The zero-order chi connectivity index (χ0) is 11.2. The van der Waals surface area contributed by atoms with E-state index in [0.717, 1.165) is 0 Å². The van der Waals surface area contributed by atoms with Gasteiger partial charge in [-0.3, -0.25) is 4.55 Å². The van der Waals surface area contributed by atoms with Gasteiger partial charge in [0.25, 0.3) is 10.1 Å². The molecule has 5 nitrogen and oxygen atoms in total. The normalized spacial score (nSPS) is 16.4. The highest BCUT2D eigenvalue weighted by Gasteiger charge is 2.04. The van der Waals surface area contributed by atoms with E-state index in [9.17, 15) is 12.6 Å². The Kier molecular flexibility index (Phi) is 6.06. The maximum Gasteiger partial charge on any atom is 0.264 e. The van der Waals surface area contributed by atoms with E-state index in [-0.39, 0.29) is 11.5 Å². The third kappa shape index (κ3) is 12.2. The molecule has 1 unspecified atom stereocenters. The summed E-state index contributed by atoms with van der Waals surface area (Å²) >= 11 is 4.27. The van der Waals surface area contributed by atoms with Crippen LogP contribution in [0, 0.1) is 0 Å². The average Bonchev–Trinajstić information content (AvgIpc) is 1.92. The van der Waals surface area contributed by atoms with Crippen LogP contribution in [0.25, 0.3) is 0 Å². The third-order valence-corrected chi connectivity index (χ3v) is 3.66. The fraction of sp³-hybridized carbons (Fsp3) is 1.00. The number of hydrogen-bond donors (Lipinski definition) is 2. The number of hydrogen-bond acceptors (Lipinski definition) is 4. The van der Waals surface area contributed by atoms with Crippen molar-refractivity contribution in [3.63, 3.8) is 0 Å². The van der Waals surface area contributed by atoms with Gasteiger partial charge in [0.2, 0.25) is 0 Å². The van der Waals surface area contributed by atoms with E-state index >= 15 is 0 Å². The van der Waals surface area contributed by atoms with Crippen LogP contribution in [0.3, 0.4) is 0 Å². The molecule has 0 bridgehead atoms. The summed E-state index contributed by atoms with van der Waals surface area (Å²) in [5, 5.41) is 0. The molecule has 0 aromatic carbocycles. The summed E-state index contributed by atoms with van der Waals surface area (Å²) < 4.78 is 48.2. The molecular weight excluding hydrogens is 248 g/mol. The molecule has 0 spiro atoms. The Balaban J connectivity index is 3.41. The first-order chi connectivity index (χ1) is 6.21. The lowest BCUT2D eigenvalue weighted by Crippen LogP contribution is -2.04. The van der Waals surface area contributed by atoms with Gasteiger partial charge in [0.1, 0.15) is 8.77 Å². The van der Waals surface area contributed by atoms with E-state index in [2.05, 4.69) is 11.2 Å². The summed E-state index contributed by atoms with van der Waals surface area (Å²) in [6, 6.07) is 0. The van der Waals surface area contributed by atoms with E-state index in [4.69, 9.17) is 9.11 Å². The first-order valence-corrected chi connectivity index (χ1v) is 8.33. The van der Waals surface area contributed by atoms with Crippen LogP contribution in [0.5, 0.6) is 0 Å². The van der Waals surface area contributed by atoms with Crippen molar-refractivity contribution < 1.29 is 21.7 Å². The molecule has 8 heteroatoms. The van der Waals surface area contributed by atoms with Crippen molar-refractivity contribution in [1.82, 2.24) is 0 Å². The van der Waals surface area contributed by atoms with Gasteiger partial charge in [0.05, 0.1) is 5.75 Å². The lowest BCUT2D eigenvalue weighted by Gasteiger charge is -2.00. The Morgan fingerprint density at radius 2 is 1.29 bits per heavy atom. The minimum Gasteiger partial charge on any atom is -0.306 e. The maximum absolute atomic E-state index is 10.6. The monoisotopic (exact) mass is 262 g/mol. The summed E-state index contributed by atoms with van der Waals surface area (Å²) in [5.74, 6) is -0.191. The van der Waals surface area contributed by atoms with Gasteiger partial charge in [0, 0.05) is 16.9 Å². The standard InChI is InChI=1S/C6H14O5S3/c7-13(8,9)5-3-1-2-4-6-14(10,11)12/h1-6H2,(H,7,8,9)(H,10,11,12). The van der Waals surface area contributed by atoms with Crippen molar-refractivity contribution in [1.29, 1.82) is 0 Å². The lowest BCUT2D eigenvalue weighted by molar-refractivity contribution is 0.479. The predicted molar refractivity (Wildman–Crippen MR) is 57.9 cm³/mol. The highest BCUT2D eigenvalue weighted by molar-refractivity contribution is 8.29. The van der Waals surface area contributed by atoms with Crippen molar-refractivity contribution in [3.8, 4) is 0 Å². The van der Waals surface area contributed by atoms with Crippen LogP contribution in [-0.2, 0) is 30.1 Å². The van der Waals surface area contributed by atoms with Crippen molar-refractivity contribution in [2.45, 2.75) is 25.7 Å². The Morgan fingerprint density at radius 3 is 1.64 bits per heavy atom. The third-order valence-electron chi connectivity index (χ3n) is 1.55. The van der Waals surface area contributed by atoms with Crippen LogP contribution in [0.1, 0.15) is 25.7 Å². The molecule has 0 amide bonds. The summed E-state index contributed by atoms with van der Waals surface area (Å²) in [6.07, 6.45) is 2.11. The van der Waals surface area contributed by atoms with Gasteiger partial charge < -0.3 is 4.55 Å². The number of unbranched alkanes of at least 4 members (excludes halogenated alkanes) is 3. The molecule has 0 aromatic rings. The van der Waals surface area contributed by atoms with Gasteiger partial charge in [-0.15, -0.1) is 0 Å². The average molecular weight is 262 g/mol. The van der Waals surface area contributed by atoms with Crippen molar-refractivity contribution in [2.75, 3.05) is 11.5 Å². The van der Waals surface area contributed by atoms with Crippen LogP contribution in [-0.4, -0.2) is 33.2 Å². The van der Waals surface area contributed by atoms with Crippen LogP contribution in [0.2, 0.25) is 0 Å². The van der Waals surface area contributed by atoms with E-state index in [1.54, 1.807) is 0 Å². The second-order valence-corrected chi connectivity index (χ2v) is 7.69. The second-order valence-electron chi connectivity index (χ2n) is 2.99. The van der Waals surface area contributed by atoms with Gasteiger partial charge in [-0.2, -0.15) is 8.42 Å². The second kappa shape index (κ2) is 5.96. The minimum absolute atomic E-state index is 0.0637. The van der Waals surface area contributed by atoms with Gasteiger partial charge >= 0.3 is 0 Å². The zero-order valence-electron chi connectivity index (χ0n) is 7.59. The Labute approximate surface area is 89.1 Å². The van der Waals surface area contributed by atoms with E-state index < -0.39 is 18.9 Å². The Hall–Kier alpha value is 0.240. The predicted octanol–water partition coefficient (Wildman–Crippen LogP) is 0.654. The van der Waals surface area contributed by atoms with Crippen molar-refractivity contribution in [2.24, 2.45) is 0 Å². The molecule has 2 N–H and O–H groups in total. The zero-order valence-corrected chi connectivity index (χ0v) is 10.0. The highest BCUT2D eigenvalue weighted by atomic mass is 32.8. The molecule has 14 heavy (non-hydrogen) atoms. The van der Waals surface area contributed by atoms with E-state index in [1.165, 1.54) is 0 Å². The van der Waals surface area contributed by atoms with E-state index in [1.807, 2.05) is 0 Å². The molecule has 0 aliphatic carbocycles. The molecule has 0 saturated heterocycles. The summed E-state index contributed by atoms with van der Waals surface area (Å²) in [5.41, 5.74) is 0. The molecule has 0 fully saturated rings. The molecule has 0 aliphatic heterocycles. The quantitative estimate of drug-likeness (QED) is 0.517. The Morgan fingerprint density at radius 1 is 0.857 bits per heavy atom. The smallest absolute Gasteiger partial charge is 0.264 e. The first kappa shape index (κ1) is 14.2. The summed E-state index contributed by atoms with van der Waals surface area (Å²) in [7, 11) is -6.94. The first-order valence-electron chi connectivity index (χ1n) is 4.11. The molecular formula is C6H14O5S3. The molecule has 0 rings (SSSR count). The van der Waals surface area contributed by atoms with Crippen molar-refractivity contribution in [3.05, 3.63) is 0 Å². The summed E-state index contributed by atoms with van der Waals surface area (Å²) in [4.78, 5) is 0. The maximum atomic E-state index is 10.6. The molecule has 0 aromatic heterocycles. The largest absolute Gasteiger partial charge is 0.306 e. The number of rotatable bonds is 7. The van der Waals surface area contributed by atoms with Gasteiger partial charge in [-0.05, 0) is 12.8 Å². The topological polar surface area (TPSA) is 91.7 Å². The molecule has 0 heterocycles. The fourth-order valence-corrected chi connectivity index (χ4v) is 2.41. The fourth-order valence-electron chi connectivity index (χ4n) is 0.922. The van der Waals surface area contributed by atoms with Gasteiger partial charge in [-0.25, -0.2) is 4.21 Å². The van der Waals surface area contributed by atoms with Crippen molar-refractivity contribution >= 4 is 30.1 Å².